The van der Waals surface area contributed by atoms with Gasteiger partial charge in [0.15, 0.2) is 0 Å². The first-order valence-electron chi connectivity index (χ1n) is 17.0. The number of para-hydroxylation sites is 1. The van der Waals surface area contributed by atoms with E-state index in [1.165, 1.54) is 107 Å². The summed E-state index contributed by atoms with van der Waals surface area (Å²) in [5, 5.41) is 5.07. The average Bonchev–Trinajstić information content (AvgIpc) is 3.84. The van der Waals surface area contributed by atoms with E-state index < -0.39 is 0 Å². The van der Waals surface area contributed by atoms with E-state index in [-0.39, 0.29) is 17.7 Å². The van der Waals surface area contributed by atoms with E-state index in [0.717, 1.165) is 0 Å². The van der Waals surface area contributed by atoms with Crippen LogP contribution in [0.1, 0.15) is 45.1 Å². The molecule has 2 nitrogen and oxygen atoms in total. The first-order chi connectivity index (χ1) is 23.1. The van der Waals surface area contributed by atoms with Crippen LogP contribution in [0.15, 0.2) is 115 Å². The fourth-order valence-corrected chi connectivity index (χ4v) is 12.2. The molecule has 7 aromatic rings. The molecule has 1 aliphatic carbocycles. The van der Waals surface area contributed by atoms with E-state index in [9.17, 15) is 0 Å². The van der Waals surface area contributed by atoms with Gasteiger partial charge >= 0.3 is 0 Å². The molecule has 0 amide bonds. The van der Waals surface area contributed by atoms with Crippen molar-refractivity contribution in [1.29, 1.82) is 0 Å². The third-order valence-electron chi connectivity index (χ3n) is 12.3. The molecule has 2 aromatic heterocycles. The molecule has 0 spiro atoms. The number of benzene rings is 5. The summed E-state index contributed by atoms with van der Waals surface area (Å²) >= 11 is 3.84. The van der Waals surface area contributed by atoms with Gasteiger partial charge in [-0.15, -0.1) is 22.7 Å². The van der Waals surface area contributed by atoms with Gasteiger partial charge in [-0.05, 0) is 72.3 Å². The summed E-state index contributed by atoms with van der Waals surface area (Å²) < 4.78 is 4.16. The Bertz CT molecular complexity index is 2460. The highest BCUT2D eigenvalue weighted by Crippen LogP contribution is 2.61. The Morgan fingerprint density at radius 1 is 0.681 bits per heavy atom. The maximum atomic E-state index is 2.76. The van der Waals surface area contributed by atoms with E-state index in [1.807, 2.05) is 22.7 Å². The van der Waals surface area contributed by atoms with Gasteiger partial charge in [-0.1, -0.05) is 104 Å². The van der Waals surface area contributed by atoms with Crippen LogP contribution in [-0.4, -0.2) is 12.3 Å². The number of anilines is 5. The highest BCUT2D eigenvalue weighted by molar-refractivity contribution is 7.34. The van der Waals surface area contributed by atoms with Gasteiger partial charge in [0.25, 0.3) is 6.71 Å². The van der Waals surface area contributed by atoms with Crippen molar-refractivity contribution >= 4 is 93.7 Å². The minimum atomic E-state index is 0.00221. The molecule has 11 rings (SSSR count). The molecule has 5 heteroatoms. The van der Waals surface area contributed by atoms with E-state index in [2.05, 4.69) is 138 Å². The van der Waals surface area contributed by atoms with Crippen LogP contribution < -0.4 is 25.5 Å². The molecule has 3 aliphatic heterocycles. The highest BCUT2D eigenvalue weighted by atomic mass is 32.1. The Kier molecular flexibility index (Phi) is 5.22. The molecule has 0 N–H and O–H groups in total. The van der Waals surface area contributed by atoms with E-state index in [4.69, 9.17) is 0 Å². The molecular weight excluding hydrogens is 607 g/mol. The summed E-state index contributed by atoms with van der Waals surface area (Å²) in [6.45, 7) is 5.33. The Labute approximate surface area is 284 Å². The number of hydrogen-bond donors (Lipinski definition) is 0. The second-order valence-corrected chi connectivity index (χ2v) is 16.4. The molecule has 47 heavy (non-hydrogen) atoms. The lowest BCUT2D eigenvalue weighted by Crippen LogP contribution is -2.55. The summed E-state index contributed by atoms with van der Waals surface area (Å²) in [4.78, 5) is 5.42. The molecule has 1 fully saturated rings. The van der Waals surface area contributed by atoms with Gasteiger partial charge < -0.3 is 9.80 Å². The molecule has 5 heterocycles. The molecule has 4 aliphatic rings. The van der Waals surface area contributed by atoms with Crippen molar-refractivity contribution in [3.63, 3.8) is 0 Å². The van der Waals surface area contributed by atoms with Gasteiger partial charge in [0, 0.05) is 52.8 Å². The minimum Gasteiger partial charge on any atom is -0.334 e. The van der Waals surface area contributed by atoms with Gasteiger partial charge in [-0.3, -0.25) is 0 Å². The molecule has 0 radical (unpaired) electrons. The van der Waals surface area contributed by atoms with Crippen LogP contribution in [0.5, 0.6) is 0 Å². The fourth-order valence-electron chi connectivity index (χ4n) is 9.97. The van der Waals surface area contributed by atoms with Crippen LogP contribution in [0, 0.1) is 0 Å². The van der Waals surface area contributed by atoms with Crippen molar-refractivity contribution in [2.24, 2.45) is 0 Å². The fraction of sp³-hybridized carbons (Fsp3) is 0.190. The number of nitrogens with zero attached hydrogens (tertiary/aromatic N) is 2. The zero-order chi connectivity index (χ0) is 31.1. The summed E-state index contributed by atoms with van der Waals surface area (Å²) in [5.74, 6) is 0. The van der Waals surface area contributed by atoms with Crippen molar-refractivity contribution in [3.05, 3.63) is 120 Å². The van der Waals surface area contributed by atoms with Gasteiger partial charge in [-0.2, -0.15) is 0 Å². The van der Waals surface area contributed by atoms with Crippen LogP contribution in [0.2, 0.25) is 0 Å². The number of thiophene rings is 2. The highest BCUT2D eigenvalue weighted by Gasteiger charge is 2.58. The topological polar surface area (TPSA) is 6.48 Å². The summed E-state index contributed by atoms with van der Waals surface area (Å²) in [6.07, 6.45) is 5.00. The molecule has 1 saturated carbocycles. The van der Waals surface area contributed by atoms with Gasteiger partial charge in [-0.25, -0.2) is 0 Å². The van der Waals surface area contributed by atoms with Crippen LogP contribution in [0.25, 0.3) is 31.3 Å². The van der Waals surface area contributed by atoms with Gasteiger partial charge in [0.05, 0.1) is 16.9 Å². The molecule has 0 bridgehead atoms. The van der Waals surface area contributed by atoms with Crippen molar-refractivity contribution in [3.8, 4) is 11.1 Å². The normalized spacial score (nSPS) is 22.0. The largest absolute Gasteiger partial charge is 0.334 e. The van der Waals surface area contributed by atoms with Gasteiger partial charge in [0.2, 0.25) is 0 Å². The van der Waals surface area contributed by atoms with Crippen molar-refractivity contribution in [1.82, 2.24) is 0 Å². The summed E-state index contributed by atoms with van der Waals surface area (Å²) in [7, 11) is 0. The molecule has 2 atom stereocenters. The zero-order valence-electron chi connectivity index (χ0n) is 26.6. The smallest absolute Gasteiger partial charge is 0.260 e. The third-order valence-corrected chi connectivity index (χ3v) is 14.5. The molecular formula is C42H33BN2S2. The maximum Gasteiger partial charge on any atom is 0.260 e. The molecule has 5 aromatic carbocycles. The van der Waals surface area contributed by atoms with Crippen molar-refractivity contribution in [2.75, 3.05) is 9.80 Å². The Hall–Kier alpha value is -4.32. The molecule has 0 saturated heterocycles. The van der Waals surface area contributed by atoms with Crippen LogP contribution >= 0.6 is 22.7 Å². The lowest BCUT2D eigenvalue weighted by atomic mass is 9.40. The van der Waals surface area contributed by atoms with E-state index >= 15 is 0 Å². The quantitative estimate of drug-likeness (QED) is 0.174. The summed E-state index contributed by atoms with van der Waals surface area (Å²) in [6, 6.07) is 41.7. The molecule has 226 valence electrons. The molecule has 2 unspecified atom stereocenters. The van der Waals surface area contributed by atoms with Gasteiger partial charge in [0.1, 0.15) is 0 Å². The van der Waals surface area contributed by atoms with Crippen molar-refractivity contribution in [2.45, 2.75) is 50.5 Å². The number of fused-ring (bicyclic) bond motifs is 11. The Balaban J connectivity index is 1.26. The standard InChI is InChI=1S/C42H33BN2S2/c1-41-21-11-12-22-42(41,2)45(33-18-8-6-16-31(33)41)26-23-30-27-13-3-7-17-32(27)43-38(30)34(24-26)44(35-25-46-36-19-9-4-14-28(35)36)39-29-15-5-10-20-37(29)47-40(39)43/h3-10,13-20,23-25H,11-12,21-22H2,1-2H3. The first-order valence-corrected chi connectivity index (χ1v) is 18.7. The monoisotopic (exact) mass is 640 g/mol. The average molecular weight is 641 g/mol. The first kappa shape index (κ1) is 26.7. The second kappa shape index (κ2) is 9.18. The lowest BCUT2D eigenvalue weighted by Gasteiger charge is -2.50. The van der Waals surface area contributed by atoms with Crippen LogP contribution in [0.4, 0.5) is 28.4 Å². The number of rotatable bonds is 2. The summed E-state index contributed by atoms with van der Waals surface area (Å²) in [5.41, 5.74) is 14.0. The number of hydrogen-bond acceptors (Lipinski definition) is 4. The van der Waals surface area contributed by atoms with Crippen LogP contribution in [-0.2, 0) is 5.41 Å². The third kappa shape index (κ3) is 3.22. The maximum absolute atomic E-state index is 2.76. The second-order valence-electron chi connectivity index (χ2n) is 14.4. The zero-order valence-corrected chi connectivity index (χ0v) is 28.2. The Morgan fingerprint density at radius 3 is 2.34 bits per heavy atom. The lowest BCUT2D eigenvalue weighted by molar-refractivity contribution is 0.195. The minimum absolute atomic E-state index is 0.00221. The van der Waals surface area contributed by atoms with E-state index in [1.54, 1.807) is 0 Å². The predicted molar refractivity (Wildman–Crippen MR) is 205 cm³/mol. The van der Waals surface area contributed by atoms with E-state index in [0.29, 0.717) is 0 Å². The van der Waals surface area contributed by atoms with Crippen LogP contribution in [0.3, 0.4) is 0 Å². The van der Waals surface area contributed by atoms with Crippen molar-refractivity contribution < 1.29 is 0 Å². The SMILES string of the molecule is CC12CCCCC1(C)N(c1cc3c4c(c1)N(c1csc5ccccc15)c1c(sc5ccccc15)B4c1ccccc1-3)c1ccccc12. The Morgan fingerprint density at radius 2 is 1.43 bits per heavy atom. The predicted octanol–water partition coefficient (Wildman–Crippen LogP) is 10.1.